The Balaban J connectivity index is 2.49. The molecular formula is C9H15F3O2. The van der Waals surface area contributed by atoms with E-state index in [2.05, 4.69) is 0 Å². The normalized spacial score (nSPS) is 34.5. The van der Waals surface area contributed by atoms with Crippen LogP contribution in [0, 0.1) is 5.92 Å². The minimum atomic E-state index is -4.52. The molecule has 1 fully saturated rings. The Morgan fingerprint density at radius 3 is 2.07 bits per heavy atom. The largest absolute Gasteiger partial charge is 0.417 e. The second-order valence-electron chi connectivity index (χ2n) is 3.99. The van der Waals surface area contributed by atoms with Crippen molar-refractivity contribution < 1.29 is 23.4 Å². The lowest BCUT2D eigenvalue weighted by molar-refractivity contribution is -0.272. The fraction of sp³-hybridized carbons (Fsp3) is 1.00. The number of hydrogen-bond acceptors (Lipinski definition) is 2. The number of hydrogen-bond donors (Lipinski definition) is 2. The molecule has 0 aliphatic heterocycles. The van der Waals surface area contributed by atoms with E-state index in [0.717, 1.165) is 0 Å². The molecule has 1 aliphatic carbocycles. The zero-order chi connectivity index (χ0) is 10.8. The minimum absolute atomic E-state index is 0.00904. The van der Waals surface area contributed by atoms with Gasteiger partial charge in [-0.05, 0) is 38.0 Å². The molecule has 0 aromatic heterocycles. The van der Waals surface area contributed by atoms with Gasteiger partial charge >= 0.3 is 6.18 Å². The Labute approximate surface area is 80.7 Å². The fourth-order valence-corrected chi connectivity index (χ4v) is 1.91. The zero-order valence-electron chi connectivity index (χ0n) is 7.85. The molecule has 0 heterocycles. The van der Waals surface area contributed by atoms with E-state index in [1.54, 1.807) is 0 Å². The smallest absolute Gasteiger partial charge is 0.396 e. The highest BCUT2D eigenvalue weighted by molar-refractivity contribution is 4.91. The summed E-state index contributed by atoms with van der Waals surface area (Å²) in [4.78, 5) is 0. The predicted molar refractivity (Wildman–Crippen MR) is 44.7 cm³/mol. The topological polar surface area (TPSA) is 40.5 Å². The van der Waals surface area contributed by atoms with E-state index in [9.17, 15) is 18.3 Å². The molecule has 0 spiro atoms. The van der Waals surface area contributed by atoms with Crippen LogP contribution in [0.1, 0.15) is 32.1 Å². The van der Waals surface area contributed by atoms with Crippen molar-refractivity contribution >= 4 is 0 Å². The summed E-state index contributed by atoms with van der Waals surface area (Å²) in [6.45, 7) is 0.00904. The molecule has 0 radical (unpaired) electrons. The Morgan fingerprint density at radius 1 is 1.21 bits per heavy atom. The average molecular weight is 212 g/mol. The van der Waals surface area contributed by atoms with E-state index < -0.39 is 11.8 Å². The molecule has 2 nitrogen and oxygen atoms in total. The van der Waals surface area contributed by atoms with Crippen molar-refractivity contribution in [3.63, 3.8) is 0 Å². The summed E-state index contributed by atoms with van der Waals surface area (Å²) in [6, 6.07) is 0. The van der Waals surface area contributed by atoms with Gasteiger partial charge in [-0.25, -0.2) is 0 Å². The van der Waals surface area contributed by atoms with Crippen LogP contribution in [0.2, 0.25) is 0 Å². The maximum absolute atomic E-state index is 12.3. The molecule has 0 saturated heterocycles. The number of rotatable bonds is 2. The van der Waals surface area contributed by atoms with Gasteiger partial charge in [-0.3, -0.25) is 0 Å². The Morgan fingerprint density at radius 2 is 1.71 bits per heavy atom. The number of alkyl halides is 3. The standard InChI is InChI=1S/C9H15F3O2/c10-9(11,12)8(14)4-1-7(2-5-8)3-6-13/h7,13-14H,1-6H2. The van der Waals surface area contributed by atoms with Gasteiger partial charge in [-0.2, -0.15) is 13.2 Å². The summed E-state index contributed by atoms with van der Waals surface area (Å²) in [7, 11) is 0. The number of halogens is 3. The van der Waals surface area contributed by atoms with E-state index in [-0.39, 0.29) is 25.4 Å². The van der Waals surface area contributed by atoms with Gasteiger partial charge in [-0.15, -0.1) is 0 Å². The van der Waals surface area contributed by atoms with Gasteiger partial charge in [0, 0.05) is 6.61 Å². The van der Waals surface area contributed by atoms with Crippen LogP contribution in [0.15, 0.2) is 0 Å². The van der Waals surface area contributed by atoms with Crippen LogP contribution < -0.4 is 0 Å². The van der Waals surface area contributed by atoms with Crippen molar-refractivity contribution in [2.45, 2.75) is 43.9 Å². The van der Waals surface area contributed by atoms with E-state index >= 15 is 0 Å². The Bertz CT molecular complexity index is 183. The van der Waals surface area contributed by atoms with E-state index in [1.807, 2.05) is 0 Å². The highest BCUT2D eigenvalue weighted by Crippen LogP contribution is 2.43. The van der Waals surface area contributed by atoms with Crippen molar-refractivity contribution in [2.75, 3.05) is 6.61 Å². The third kappa shape index (κ3) is 2.39. The molecule has 2 N–H and O–H groups in total. The van der Waals surface area contributed by atoms with Crippen molar-refractivity contribution in [3.8, 4) is 0 Å². The second kappa shape index (κ2) is 4.06. The van der Waals surface area contributed by atoms with E-state index in [0.29, 0.717) is 19.3 Å². The Hall–Kier alpha value is -0.290. The van der Waals surface area contributed by atoms with Crippen LogP contribution in [0.3, 0.4) is 0 Å². The summed E-state index contributed by atoms with van der Waals surface area (Å²) in [5, 5.41) is 17.9. The quantitative estimate of drug-likeness (QED) is 0.733. The van der Waals surface area contributed by atoms with Crippen LogP contribution in [-0.2, 0) is 0 Å². The van der Waals surface area contributed by atoms with Gasteiger partial charge < -0.3 is 10.2 Å². The molecule has 1 rings (SSSR count). The average Bonchev–Trinajstić information content (AvgIpc) is 2.08. The van der Waals surface area contributed by atoms with Gasteiger partial charge in [0.2, 0.25) is 0 Å². The first-order chi connectivity index (χ1) is 6.39. The van der Waals surface area contributed by atoms with Crippen LogP contribution in [0.4, 0.5) is 13.2 Å². The maximum Gasteiger partial charge on any atom is 0.417 e. The van der Waals surface area contributed by atoms with Crippen molar-refractivity contribution in [1.82, 2.24) is 0 Å². The molecule has 14 heavy (non-hydrogen) atoms. The van der Waals surface area contributed by atoms with Gasteiger partial charge in [0.1, 0.15) is 0 Å². The molecule has 0 aromatic rings. The van der Waals surface area contributed by atoms with E-state index in [4.69, 9.17) is 5.11 Å². The molecule has 1 aliphatic rings. The first-order valence-electron chi connectivity index (χ1n) is 4.79. The lowest BCUT2D eigenvalue weighted by atomic mass is 9.77. The SMILES string of the molecule is OCCC1CCC(O)(C(F)(F)F)CC1. The van der Waals surface area contributed by atoms with Crippen LogP contribution >= 0.6 is 0 Å². The number of aliphatic hydroxyl groups excluding tert-OH is 1. The summed E-state index contributed by atoms with van der Waals surface area (Å²) >= 11 is 0. The lowest BCUT2D eigenvalue weighted by Crippen LogP contribution is -2.47. The zero-order valence-corrected chi connectivity index (χ0v) is 7.85. The van der Waals surface area contributed by atoms with Crippen molar-refractivity contribution in [2.24, 2.45) is 5.92 Å². The Kier molecular flexibility index (Phi) is 3.42. The molecule has 0 aromatic carbocycles. The molecule has 0 unspecified atom stereocenters. The molecule has 0 bridgehead atoms. The van der Waals surface area contributed by atoms with Gasteiger partial charge in [-0.1, -0.05) is 0 Å². The van der Waals surface area contributed by atoms with Crippen molar-refractivity contribution in [1.29, 1.82) is 0 Å². The summed E-state index contributed by atoms with van der Waals surface area (Å²) in [6.07, 6.45) is -3.76. The molecule has 0 atom stereocenters. The fourth-order valence-electron chi connectivity index (χ4n) is 1.91. The minimum Gasteiger partial charge on any atom is -0.396 e. The third-order valence-electron chi connectivity index (χ3n) is 3.00. The van der Waals surface area contributed by atoms with Crippen molar-refractivity contribution in [3.05, 3.63) is 0 Å². The first-order valence-corrected chi connectivity index (χ1v) is 4.79. The number of aliphatic hydroxyl groups is 2. The summed E-state index contributed by atoms with van der Waals surface area (Å²) < 4.78 is 37.0. The predicted octanol–water partition coefficient (Wildman–Crippen LogP) is 1.85. The van der Waals surface area contributed by atoms with Gasteiger partial charge in [0.05, 0.1) is 0 Å². The summed E-state index contributed by atoms with van der Waals surface area (Å²) in [5.41, 5.74) is -2.49. The van der Waals surface area contributed by atoms with Gasteiger partial charge in [0.15, 0.2) is 5.60 Å². The van der Waals surface area contributed by atoms with Crippen LogP contribution in [0.25, 0.3) is 0 Å². The highest BCUT2D eigenvalue weighted by atomic mass is 19.4. The highest BCUT2D eigenvalue weighted by Gasteiger charge is 2.54. The van der Waals surface area contributed by atoms with Crippen LogP contribution in [0.5, 0.6) is 0 Å². The van der Waals surface area contributed by atoms with E-state index in [1.165, 1.54) is 0 Å². The second-order valence-corrected chi connectivity index (χ2v) is 3.99. The lowest BCUT2D eigenvalue weighted by Gasteiger charge is -2.37. The third-order valence-corrected chi connectivity index (χ3v) is 3.00. The van der Waals surface area contributed by atoms with Crippen LogP contribution in [-0.4, -0.2) is 28.6 Å². The summed E-state index contributed by atoms with van der Waals surface area (Å²) in [5.74, 6) is 0.127. The van der Waals surface area contributed by atoms with Gasteiger partial charge in [0.25, 0.3) is 0 Å². The molecule has 1 saturated carbocycles. The molecule has 5 heteroatoms. The maximum atomic E-state index is 12.3. The monoisotopic (exact) mass is 212 g/mol. The first kappa shape index (κ1) is 11.8. The molecular weight excluding hydrogens is 197 g/mol. The molecule has 0 amide bonds. The molecule has 84 valence electrons.